The molecule has 5 nitrogen and oxygen atoms in total. The SMILES string of the molecule is Brc1ccc(CN2CCc3nc(N4CCN(c5ccccc5)CC4)ncc3C2)cc1. The monoisotopic (exact) mass is 463 g/mol. The van der Waals surface area contributed by atoms with E-state index in [-0.39, 0.29) is 0 Å². The molecule has 1 saturated heterocycles. The Morgan fingerprint density at radius 3 is 2.33 bits per heavy atom. The third-order valence-corrected chi connectivity index (χ3v) is 6.53. The lowest BCUT2D eigenvalue weighted by Crippen LogP contribution is -2.47. The zero-order valence-corrected chi connectivity index (χ0v) is 18.6. The number of hydrogen-bond acceptors (Lipinski definition) is 5. The maximum Gasteiger partial charge on any atom is 0.225 e. The average molecular weight is 464 g/mol. The molecule has 0 saturated carbocycles. The second-order valence-corrected chi connectivity index (χ2v) is 8.95. The maximum absolute atomic E-state index is 4.95. The summed E-state index contributed by atoms with van der Waals surface area (Å²) in [5.74, 6) is 0.892. The fraction of sp³-hybridized carbons (Fsp3) is 0.333. The lowest BCUT2D eigenvalue weighted by atomic mass is 10.1. The molecule has 0 unspecified atom stereocenters. The molecule has 2 aromatic carbocycles. The maximum atomic E-state index is 4.95. The van der Waals surface area contributed by atoms with Crippen LogP contribution in [0.15, 0.2) is 65.3 Å². The predicted octanol–water partition coefficient (Wildman–Crippen LogP) is 4.12. The van der Waals surface area contributed by atoms with E-state index < -0.39 is 0 Å². The number of para-hydroxylation sites is 1. The Morgan fingerprint density at radius 2 is 1.57 bits per heavy atom. The van der Waals surface area contributed by atoms with Crippen molar-refractivity contribution in [2.24, 2.45) is 0 Å². The van der Waals surface area contributed by atoms with Crippen LogP contribution in [-0.2, 0) is 19.5 Å². The van der Waals surface area contributed by atoms with Gasteiger partial charge in [-0.3, -0.25) is 4.90 Å². The number of hydrogen-bond donors (Lipinski definition) is 0. The van der Waals surface area contributed by atoms with Gasteiger partial charge < -0.3 is 9.80 Å². The number of aromatic nitrogens is 2. The highest BCUT2D eigenvalue weighted by Gasteiger charge is 2.23. The van der Waals surface area contributed by atoms with E-state index in [1.54, 1.807) is 0 Å². The van der Waals surface area contributed by atoms with Crippen LogP contribution in [0, 0.1) is 0 Å². The smallest absolute Gasteiger partial charge is 0.225 e. The van der Waals surface area contributed by atoms with Gasteiger partial charge >= 0.3 is 0 Å². The first-order chi connectivity index (χ1) is 14.7. The number of piperazine rings is 1. The molecule has 2 aliphatic rings. The number of rotatable bonds is 4. The van der Waals surface area contributed by atoms with Crippen molar-refractivity contribution < 1.29 is 0 Å². The first-order valence-electron chi connectivity index (χ1n) is 10.6. The van der Waals surface area contributed by atoms with Crippen LogP contribution in [0.3, 0.4) is 0 Å². The van der Waals surface area contributed by atoms with Crippen LogP contribution in [0.5, 0.6) is 0 Å². The van der Waals surface area contributed by atoms with Gasteiger partial charge in [-0.1, -0.05) is 46.3 Å². The number of anilines is 2. The summed E-state index contributed by atoms with van der Waals surface area (Å²) >= 11 is 3.51. The molecule has 3 heterocycles. The Kier molecular flexibility index (Phi) is 5.69. The van der Waals surface area contributed by atoms with Crippen molar-refractivity contribution in [1.82, 2.24) is 14.9 Å². The normalized spacial score (nSPS) is 17.1. The number of benzene rings is 2. The van der Waals surface area contributed by atoms with Crippen LogP contribution < -0.4 is 9.80 Å². The Balaban J connectivity index is 1.21. The molecule has 6 heteroatoms. The summed E-state index contributed by atoms with van der Waals surface area (Å²) in [4.78, 5) is 16.9. The summed E-state index contributed by atoms with van der Waals surface area (Å²) in [5.41, 5.74) is 5.13. The molecule has 0 aliphatic carbocycles. The van der Waals surface area contributed by atoms with Crippen molar-refractivity contribution in [1.29, 1.82) is 0 Å². The fourth-order valence-electron chi connectivity index (χ4n) is 4.30. The molecule has 5 rings (SSSR count). The van der Waals surface area contributed by atoms with E-state index in [1.807, 2.05) is 0 Å². The van der Waals surface area contributed by atoms with Gasteiger partial charge in [-0.15, -0.1) is 0 Å². The van der Waals surface area contributed by atoms with Gasteiger partial charge in [0.05, 0.1) is 5.69 Å². The summed E-state index contributed by atoms with van der Waals surface area (Å²) in [5, 5.41) is 0. The highest BCUT2D eigenvalue weighted by atomic mass is 79.9. The molecule has 0 N–H and O–H groups in total. The van der Waals surface area contributed by atoms with Crippen molar-refractivity contribution in [2.75, 3.05) is 42.5 Å². The van der Waals surface area contributed by atoms with Crippen molar-refractivity contribution in [3.8, 4) is 0 Å². The molecule has 0 radical (unpaired) electrons. The second-order valence-electron chi connectivity index (χ2n) is 8.04. The van der Waals surface area contributed by atoms with Crippen molar-refractivity contribution in [3.63, 3.8) is 0 Å². The second kappa shape index (κ2) is 8.74. The van der Waals surface area contributed by atoms with Crippen LogP contribution in [0.1, 0.15) is 16.8 Å². The van der Waals surface area contributed by atoms with Gasteiger partial charge in [0.2, 0.25) is 5.95 Å². The van der Waals surface area contributed by atoms with Gasteiger partial charge in [0.15, 0.2) is 0 Å². The van der Waals surface area contributed by atoms with Crippen LogP contribution in [-0.4, -0.2) is 47.6 Å². The molecular formula is C24H26BrN5. The summed E-state index contributed by atoms with van der Waals surface area (Å²) in [6, 6.07) is 19.3. The zero-order valence-electron chi connectivity index (χ0n) is 17.0. The number of halogens is 1. The minimum Gasteiger partial charge on any atom is -0.368 e. The Morgan fingerprint density at radius 1 is 0.833 bits per heavy atom. The molecule has 0 amide bonds. The van der Waals surface area contributed by atoms with Gasteiger partial charge in [0.25, 0.3) is 0 Å². The predicted molar refractivity (Wildman–Crippen MR) is 125 cm³/mol. The standard InChI is InChI=1S/C24H26BrN5/c25-21-8-6-19(7-9-21)17-28-11-10-23-20(18-28)16-26-24(27-23)30-14-12-29(13-15-30)22-4-2-1-3-5-22/h1-9,16H,10-15,17-18H2. The van der Waals surface area contributed by atoms with Crippen LogP contribution in [0.4, 0.5) is 11.6 Å². The summed E-state index contributed by atoms with van der Waals surface area (Å²) in [6.45, 7) is 6.87. The Hall–Kier alpha value is -2.44. The molecule has 0 atom stereocenters. The van der Waals surface area contributed by atoms with Gasteiger partial charge in [-0.05, 0) is 29.8 Å². The third-order valence-electron chi connectivity index (χ3n) is 6.00. The summed E-state index contributed by atoms with van der Waals surface area (Å²) in [7, 11) is 0. The van der Waals surface area contributed by atoms with Crippen molar-refractivity contribution in [3.05, 3.63) is 82.1 Å². The van der Waals surface area contributed by atoms with Crippen LogP contribution in [0.2, 0.25) is 0 Å². The fourth-order valence-corrected chi connectivity index (χ4v) is 4.57. The van der Waals surface area contributed by atoms with Crippen molar-refractivity contribution >= 4 is 27.6 Å². The molecular weight excluding hydrogens is 438 g/mol. The van der Waals surface area contributed by atoms with Gasteiger partial charge in [-0.25, -0.2) is 9.97 Å². The van der Waals surface area contributed by atoms with Gasteiger partial charge in [0, 0.05) is 74.2 Å². The van der Waals surface area contributed by atoms with E-state index in [1.165, 1.54) is 22.5 Å². The van der Waals surface area contributed by atoms with E-state index in [0.29, 0.717) is 0 Å². The molecule has 0 bridgehead atoms. The lowest BCUT2D eigenvalue weighted by molar-refractivity contribution is 0.243. The molecule has 2 aliphatic heterocycles. The lowest BCUT2D eigenvalue weighted by Gasteiger charge is -2.36. The minimum atomic E-state index is 0.892. The molecule has 1 fully saturated rings. The van der Waals surface area contributed by atoms with E-state index in [9.17, 15) is 0 Å². The minimum absolute atomic E-state index is 0.892. The first-order valence-corrected chi connectivity index (χ1v) is 11.4. The number of fused-ring (bicyclic) bond motifs is 1. The molecule has 1 aromatic heterocycles. The van der Waals surface area contributed by atoms with Gasteiger partial charge in [-0.2, -0.15) is 0 Å². The van der Waals surface area contributed by atoms with E-state index >= 15 is 0 Å². The van der Waals surface area contributed by atoms with Crippen molar-refractivity contribution in [2.45, 2.75) is 19.5 Å². The molecule has 30 heavy (non-hydrogen) atoms. The quantitative estimate of drug-likeness (QED) is 0.581. The molecule has 154 valence electrons. The highest BCUT2D eigenvalue weighted by molar-refractivity contribution is 9.10. The van der Waals surface area contributed by atoms with Crippen LogP contribution in [0.25, 0.3) is 0 Å². The highest BCUT2D eigenvalue weighted by Crippen LogP contribution is 2.23. The third kappa shape index (κ3) is 4.35. The first kappa shape index (κ1) is 19.5. The molecule has 0 spiro atoms. The van der Waals surface area contributed by atoms with Crippen LogP contribution >= 0.6 is 15.9 Å². The van der Waals surface area contributed by atoms with Gasteiger partial charge in [0.1, 0.15) is 0 Å². The Bertz CT molecular complexity index is 984. The van der Waals surface area contributed by atoms with E-state index in [4.69, 9.17) is 9.97 Å². The zero-order chi connectivity index (χ0) is 20.3. The summed E-state index contributed by atoms with van der Waals surface area (Å²) in [6.07, 6.45) is 3.04. The molecule has 3 aromatic rings. The van der Waals surface area contributed by atoms with E-state index in [2.05, 4.69) is 91.4 Å². The largest absolute Gasteiger partial charge is 0.368 e. The van der Waals surface area contributed by atoms with E-state index in [0.717, 1.165) is 62.7 Å². The summed E-state index contributed by atoms with van der Waals surface area (Å²) < 4.78 is 1.13. The topological polar surface area (TPSA) is 35.5 Å². The Labute approximate surface area is 186 Å². The number of nitrogens with zero attached hydrogens (tertiary/aromatic N) is 5. The average Bonchev–Trinajstić information content (AvgIpc) is 2.81.